The number of carbonyl (C=O) groups excluding carboxylic acids is 1. The minimum atomic E-state index is 0.317. The first-order valence-corrected chi connectivity index (χ1v) is 5.36. The molecule has 0 spiro atoms. The predicted molar refractivity (Wildman–Crippen MR) is 54.8 cm³/mol. The van der Waals surface area contributed by atoms with Crippen molar-refractivity contribution in [3.8, 4) is 0 Å². The summed E-state index contributed by atoms with van der Waals surface area (Å²) in [6.07, 6.45) is 6.02. The Bertz CT molecular complexity index is 163. The fourth-order valence-electron chi connectivity index (χ4n) is 1.81. The second-order valence-electron chi connectivity index (χ2n) is 4.36. The van der Waals surface area contributed by atoms with E-state index in [0.29, 0.717) is 5.78 Å². The molecule has 0 amide bonds. The van der Waals surface area contributed by atoms with Gasteiger partial charge in [-0.2, -0.15) is 0 Å². The molecule has 0 atom stereocenters. The molecule has 0 radical (unpaired) electrons. The maximum Gasteiger partial charge on any atom is 0.129 e. The van der Waals surface area contributed by atoms with Crippen molar-refractivity contribution in [2.75, 3.05) is 20.1 Å². The van der Waals surface area contributed by atoms with E-state index in [1.807, 2.05) is 0 Å². The maximum absolute atomic E-state index is 10.7. The second kappa shape index (κ2) is 5.38. The van der Waals surface area contributed by atoms with Gasteiger partial charge in [-0.25, -0.2) is 0 Å². The summed E-state index contributed by atoms with van der Waals surface area (Å²) in [6, 6.07) is 0. The summed E-state index contributed by atoms with van der Waals surface area (Å²) < 4.78 is 0. The Labute approximate surface area is 81.3 Å². The van der Waals surface area contributed by atoms with Crippen molar-refractivity contribution < 1.29 is 4.79 Å². The lowest BCUT2D eigenvalue weighted by atomic mass is 9.85. The standard InChI is InChI=1S/C11H21NO/c1-10(13)5-4-8-12(2)9-11-6-3-7-11/h11H,3-9H2,1-2H3. The number of carbonyl (C=O) groups is 1. The highest BCUT2D eigenvalue weighted by molar-refractivity contribution is 5.75. The van der Waals surface area contributed by atoms with Crippen molar-refractivity contribution in [3.05, 3.63) is 0 Å². The summed E-state index contributed by atoms with van der Waals surface area (Å²) in [7, 11) is 2.17. The second-order valence-corrected chi connectivity index (χ2v) is 4.36. The van der Waals surface area contributed by atoms with Crippen LogP contribution < -0.4 is 0 Å². The molecule has 1 aliphatic rings. The van der Waals surface area contributed by atoms with Gasteiger partial charge in [-0.1, -0.05) is 6.42 Å². The van der Waals surface area contributed by atoms with Crippen LogP contribution in [0.25, 0.3) is 0 Å². The van der Waals surface area contributed by atoms with Crippen LogP contribution in [0.2, 0.25) is 0 Å². The Morgan fingerprint density at radius 1 is 1.46 bits per heavy atom. The van der Waals surface area contributed by atoms with Crippen LogP contribution in [0.15, 0.2) is 0 Å². The summed E-state index contributed by atoms with van der Waals surface area (Å²) in [4.78, 5) is 13.1. The Kier molecular flexibility index (Phi) is 4.43. The first-order chi connectivity index (χ1) is 6.18. The van der Waals surface area contributed by atoms with Gasteiger partial charge in [-0.05, 0) is 45.7 Å². The lowest BCUT2D eigenvalue weighted by molar-refractivity contribution is -0.117. The SMILES string of the molecule is CC(=O)CCCN(C)CC1CCC1. The molecule has 0 aromatic heterocycles. The summed E-state index contributed by atoms with van der Waals surface area (Å²) in [5.41, 5.74) is 0. The molecule has 1 saturated carbocycles. The average molecular weight is 183 g/mol. The van der Waals surface area contributed by atoms with Crippen LogP contribution in [-0.4, -0.2) is 30.8 Å². The van der Waals surface area contributed by atoms with Crippen molar-refractivity contribution in [1.29, 1.82) is 0 Å². The maximum atomic E-state index is 10.7. The molecular formula is C11H21NO. The Balaban J connectivity index is 1.96. The molecule has 1 aliphatic carbocycles. The zero-order valence-corrected chi connectivity index (χ0v) is 8.88. The summed E-state index contributed by atoms with van der Waals surface area (Å²) in [5, 5.41) is 0. The number of hydrogen-bond donors (Lipinski definition) is 0. The average Bonchev–Trinajstić information content (AvgIpc) is 1.96. The normalized spacial score (nSPS) is 17.5. The monoisotopic (exact) mass is 183 g/mol. The summed E-state index contributed by atoms with van der Waals surface area (Å²) >= 11 is 0. The van der Waals surface area contributed by atoms with E-state index in [2.05, 4.69) is 11.9 Å². The van der Waals surface area contributed by atoms with E-state index >= 15 is 0 Å². The summed E-state index contributed by atoms with van der Waals surface area (Å²) in [6.45, 7) is 3.99. The minimum Gasteiger partial charge on any atom is -0.306 e. The van der Waals surface area contributed by atoms with Crippen molar-refractivity contribution >= 4 is 5.78 Å². The largest absolute Gasteiger partial charge is 0.306 e. The molecule has 0 aromatic rings. The fraction of sp³-hybridized carbons (Fsp3) is 0.909. The molecule has 1 fully saturated rings. The van der Waals surface area contributed by atoms with Gasteiger partial charge in [0.15, 0.2) is 0 Å². The van der Waals surface area contributed by atoms with E-state index < -0.39 is 0 Å². The molecule has 0 bridgehead atoms. The minimum absolute atomic E-state index is 0.317. The highest BCUT2D eigenvalue weighted by Crippen LogP contribution is 2.26. The van der Waals surface area contributed by atoms with Gasteiger partial charge in [-0.15, -0.1) is 0 Å². The van der Waals surface area contributed by atoms with E-state index in [-0.39, 0.29) is 0 Å². The fourth-order valence-corrected chi connectivity index (χ4v) is 1.81. The van der Waals surface area contributed by atoms with Crippen LogP contribution in [0.3, 0.4) is 0 Å². The molecule has 2 nitrogen and oxygen atoms in total. The third kappa shape index (κ3) is 4.41. The van der Waals surface area contributed by atoms with E-state index in [0.717, 1.165) is 25.3 Å². The third-order valence-corrected chi connectivity index (χ3v) is 2.86. The van der Waals surface area contributed by atoms with Gasteiger partial charge in [0, 0.05) is 13.0 Å². The van der Waals surface area contributed by atoms with Gasteiger partial charge >= 0.3 is 0 Å². The van der Waals surface area contributed by atoms with Crippen molar-refractivity contribution in [1.82, 2.24) is 4.90 Å². The molecule has 0 saturated heterocycles. The van der Waals surface area contributed by atoms with Gasteiger partial charge in [-0.3, -0.25) is 0 Å². The smallest absolute Gasteiger partial charge is 0.129 e. The lowest BCUT2D eigenvalue weighted by Gasteiger charge is -2.30. The first-order valence-electron chi connectivity index (χ1n) is 5.36. The molecular weight excluding hydrogens is 162 g/mol. The molecule has 0 aliphatic heterocycles. The van der Waals surface area contributed by atoms with Crippen LogP contribution >= 0.6 is 0 Å². The van der Waals surface area contributed by atoms with Gasteiger partial charge in [0.05, 0.1) is 0 Å². The van der Waals surface area contributed by atoms with E-state index in [1.54, 1.807) is 6.92 Å². The number of rotatable bonds is 6. The highest BCUT2D eigenvalue weighted by atomic mass is 16.1. The molecule has 0 heterocycles. The van der Waals surface area contributed by atoms with Crippen molar-refractivity contribution in [2.24, 2.45) is 5.92 Å². The molecule has 0 aromatic carbocycles. The first kappa shape index (κ1) is 10.7. The zero-order valence-electron chi connectivity index (χ0n) is 8.88. The van der Waals surface area contributed by atoms with Crippen molar-refractivity contribution in [2.45, 2.75) is 39.0 Å². The Hall–Kier alpha value is -0.370. The molecule has 2 heteroatoms. The third-order valence-electron chi connectivity index (χ3n) is 2.86. The van der Waals surface area contributed by atoms with E-state index in [1.165, 1.54) is 25.8 Å². The van der Waals surface area contributed by atoms with Gasteiger partial charge < -0.3 is 9.69 Å². The van der Waals surface area contributed by atoms with Crippen LogP contribution in [0, 0.1) is 5.92 Å². The molecule has 1 rings (SSSR count). The van der Waals surface area contributed by atoms with Crippen LogP contribution in [-0.2, 0) is 4.79 Å². The van der Waals surface area contributed by atoms with Crippen molar-refractivity contribution in [3.63, 3.8) is 0 Å². The molecule has 13 heavy (non-hydrogen) atoms. The topological polar surface area (TPSA) is 20.3 Å². The quantitative estimate of drug-likeness (QED) is 0.628. The zero-order chi connectivity index (χ0) is 9.68. The Morgan fingerprint density at radius 2 is 2.15 bits per heavy atom. The van der Waals surface area contributed by atoms with Crippen LogP contribution in [0.1, 0.15) is 39.0 Å². The molecule has 0 unspecified atom stereocenters. The van der Waals surface area contributed by atoms with E-state index in [9.17, 15) is 4.79 Å². The van der Waals surface area contributed by atoms with Crippen LogP contribution in [0.4, 0.5) is 0 Å². The van der Waals surface area contributed by atoms with Crippen LogP contribution in [0.5, 0.6) is 0 Å². The highest BCUT2D eigenvalue weighted by Gasteiger charge is 2.18. The lowest BCUT2D eigenvalue weighted by Crippen LogP contribution is -2.30. The number of ketones is 1. The summed E-state index contributed by atoms with van der Waals surface area (Å²) in [5.74, 6) is 1.26. The number of hydrogen-bond acceptors (Lipinski definition) is 2. The van der Waals surface area contributed by atoms with Gasteiger partial charge in [0.2, 0.25) is 0 Å². The van der Waals surface area contributed by atoms with Gasteiger partial charge in [0.1, 0.15) is 5.78 Å². The number of Topliss-reactive ketones (excluding diaryl/α,β-unsaturated/α-hetero) is 1. The van der Waals surface area contributed by atoms with Gasteiger partial charge in [0.25, 0.3) is 0 Å². The molecule has 76 valence electrons. The predicted octanol–water partition coefficient (Wildman–Crippen LogP) is 2.09. The van der Waals surface area contributed by atoms with E-state index in [4.69, 9.17) is 0 Å². The number of nitrogens with zero attached hydrogens (tertiary/aromatic N) is 1. The Morgan fingerprint density at radius 3 is 2.62 bits per heavy atom. The molecule has 0 N–H and O–H groups in total.